The molecule has 0 spiro atoms. The van der Waals surface area contributed by atoms with Gasteiger partial charge in [-0.1, -0.05) is 18.2 Å². The molecule has 5 heteroatoms. The summed E-state index contributed by atoms with van der Waals surface area (Å²) < 4.78 is 19.8. The molecule has 0 amide bonds. The molecule has 1 aliphatic rings. The van der Waals surface area contributed by atoms with Crippen LogP contribution in [0.4, 0.5) is 10.1 Å². The largest absolute Gasteiger partial charge is 0.481 e. The summed E-state index contributed by atoms with van der Waals surface area (Å²) in [5.41, 5.74) is 0.701. The van der Waals surface area contributed by atoms with Gasteiger partial charge in [-0.15, -0.1) is 0 Å². The zero-order valence-corrected chi connectivity index (χ0v) is 12.6. The van der Waals surface area contributed by atoms with Gasteiger partial charge in [0.25, 0.3) is 0 Å². The number of carbonyl (C=O) groups is 1. The van der Waals surface area contributed by atoms with Crippen molar-refractivity contribution in [2.24, 2.45) is 0 Å². The maximum Gasteiger partial charge on any atom is 0.305 e. The number of rotatable bonds is 5. The maximum atomic E-state index is 14.3. The topological polar surface area (TPSA) is 49.8 Å². The first-order chi connectivity index (χ1) is 11.1. The van der Waals surface area contributed by atoms with Crippen LogP contribution in [0.5, 0.6) is 11.5 Å². The highest BCUT2D eigenvalue weighted by molar-refractivity contribution is 5.69. The number of hydrogen-bond donors (Lipinski definition) is 1. The van der Waals surface area contributed by atoms with Crippen molar-refractivity contribution in [2.45, 2.75) is 25.3 Å². The third-order valence-corrected chi connectivity index (χ3v) is 4.01. The van der Waals surface area contributed by atoms with Crippen LogP contribution in [0, 0.1) is 5.82 Å². The van der Waals surface area contributed by atoms with Crippen LogP contribution < -0.4 is 9.64 Å². The van der Waals surface area contributed by atoms with Crippen molar-refractivity contribution in [1.82, 2.24) is 0 Å². The minimum atomic E-state index is -0.827. The molecule has 0 bridgehead atoms. The summed E-state index contributed by atoms with van der Waals surface area (Å²) in [5.74, 6) is -0.545. The van der Waals surface area contributed by atoms with Gasteiger partial charge in [0.1, 0.15) is 5.75 Å². The summed E-state index contributed by atoms with van der Waals surface area (Å²) >= 11 is 0. The first-order valence-electron chi connectivity index (χ1n) is 7.64. The van der Waals surface area contributed by atoms with Gasteiger partial charge in [0.2, 0.25) is 0 Å². The lowest BCUT2D eigenvalue weighted by Gasteiger charge is -2.26. The Labute approximate surface area is 134 Å². The predicted molar refractivity (Wildman–Crippen MR) is 85.5 cm³/mol. The van der Waals surface area contributed by atoms with Gasteiger partial charge in [0, 0.05) is 24.3 Å². The molecule has 120 valence electrons. The number of carboxylic acids is 1. The number of ether oxygens (including phenoxy) is 1. The number of halogens is 1. The summed E-state index contributed by atoms with van der Waals surface area (Å²) in [6.45, 7) is 0.746. The van der Waals surface area contributed by atoms with Crippen LogP contribution >= 0.6 is 0 Å². The molecule has 23 heavy (non-hydrogen) atoms. The Kier molecular flexibility index (Phi) is 4.46. The van der Waals surface area contributed by atoms with Crippen molar-refractivity contribution < 1.29 is 19.0 Å². The van der Waals surface area contributed by atoms with E-state index in [0.717, 1.165) is 19.4 Å². The van der Waals surface area contributed by atoms with Gasteiger partial charge in [-0.25, -0.2) is 4.39 Å². The summed E-state index contributed by atoms with van der Waals surface area (Å²) in [6.07, 6.45) is 1.81. The molecule has 0 radical (unpaired) electrons. The molecular weight excluding hydrogens is 297 g/mol. The molecule has 1 N–H and O–H groups in total. The van der Waals surface area contributed by atoms with Gasteiger partial charge in [0.15, 0.2) is 11.6 Å². The highest BCUT2D eigenvalue weighted by atomic mass is 19.1. The van der Waals surface area contributed by atoms with E-state index in [1.54, 1.807) is 24.3 Å². The number of para-hydroxylation sites is 1. The van der Waals surface area contributed by atoms with Crippen molar-refractivity contribution in [2.75, 3.05) is 11.4 Å². The molecule has 1 aliphatic heterocycles. The normalized spacial score (nSPS) is 17.3. The molecule has 0 saturated carbocycles. The third kappa shape index (κ3) is 3.62. The summed E-state index contributed by atoms with van der Waals surface area (Å²) in [5, 5.41) is 8.98. The van der Waals surface area contributed by atoms with Crippen LogP contribution in [0.1, 0.15) is 19.3 Å². The molecule has 3 rings (SSSR count). The first-order valence-corrected chi connectivity index (χ1v) is 7.64. The molecule has 2 aromatic rings. The number of carboxylic acid groups (broad SMARTS) is 1. The number of anilines is 1. The van der Waals surface area contributed by atoms with Crippen molar-refractivity contribution in [1.29, 1.82) is 0 Å². The Balaban J connectivity index is 1.77. The van der Waals surface area contributed by atoms with E-state index in [1.807, 2.05) is 23.1 Å². The fourth-order valence-corrected chi connectivity index (χ4v) is 2.96. The van der Waals surface area contributed by atoms with Crippen molar-refractivity contribution in [3.05, 3.63) is 54.3 Å². The standard InChI is InChI=1S/C18H18FNO3/c19-16-11-14(20-10-4-5-13(20)12-18(21)22)8-9-17(16)23-15-6-2-1-3-7-15/h1-3,6-9,11,13H,4-5,10,12H2,(H,21,22). The van der Waals surface area contributed by atoms with E-state index in [0.29, 0.717) is 11.4 Å². The van der Waals surface area contributed by atoms with Crippen LogP contribution in [0.15, 0.2) is 48.5 Å². The quantitative estimate of drug-likeness (QED) is 0.904. The lowest BCUT2D eigenvalue weighted by atomic mass is 10.1. The molecule has 1 saturated heterocycles. The second kappa shape index (κ2) is 6.69. The Morgan fingerprint density at radius 2 is 2.04 bits per heavy atom. The Morgan fingerprint density at radius 3 is 2.74 bits per heavy atom. The number of nitrogens with zero attached hydrogens (tertiary/aromatic N) is 1. The summed E-state index contributed by atoms with van der Waals surface area (Å²) in [6, 6.07) is 13.7. The van der Waals surface area contributed by atoms with E-state index in [9.17, 15) is 9.18 Å². The van der Waals surface area contributed by atoms with E-state index in [1.165, 1.54) is 6.07 Å². The van der Waals surface area contributed by atoms with Crippen LogP contribution in [0.3, 0.4) is 0 Å². The number of hydrogen-bond acceptors (Lipinski definition) is 3. The highest BCUT2D eigenvalue weighted by Crippen LogP contribution is 2.32. The van der Waals surface area contributed by atoms with E-state index >= 15 is 0 Å². The first kappa shape index (κ1) is 15.3. The average molecular weight is 315 g/mol. The predicted octanol–water partition coefficient (Wildman–Crippen LogP) is 4.06. The maximum absolute atomic E-state index is 14.3. The van der Waals surface area contributed by atoms with Crippen LogP contribution in [-0.4, -0.2) is 23.7 Å². The third-order valence-electron chi connectivity index (χ3n) is 4.01. The van der Waals surface area contributed by atoms with Gasteiger partial charge < -0.3 is 14.7 Å². The Morgan fingerprint density at radius 1 is 1.26 bits per heavy atom. The zero-order valence-electron chi connectivity index (χ0n) is 12.6. The highest BCUT2D eigenvalue weighted by Gasteiger charge is 2.27. The van der Waals surface area contributed by atoms with Gasteiger partial charge in [0.05, 0.1) is 6.42 Å². The molecule has 0 aliphatic carbocycles. The lowest BCUT2D eigenvalue weighted by Crippen LogP contribution is -2.31. The van der Waals surface area contributed by atoms with Gasteiger partial charge in [-0.05, 0) is 37.1 Å². The molecule has 4 nitrogen and oxygen atoms in total. The average Bonchev–Trinajstić information content (AvgIpc) is 2.98. The molecule has 1 atom stereocenters. The van der Waals surface area contributed by atoms with Gasteiger partial charge in [-0.2, -0.15) is 0 Å². The van der Waals surface area contributed by atoms with E-state index in [2.05, 4.69) is 0 Å². The smallest absolute Gasteiger partial charge is 0.305 e. The van der Waals surface area contributed by atoms with E-state index in [-0.39, 0.29) is 18.2 Å². The second-order valence-electron chi connectivity index (χ2n) is 5.62. The number of aliphatic carboxylic acids is 1. The SMILES string of the molecule is O=C(O)CC1CCCN1c1ccc(Oc2ccccc2)c(F)c1. The fraction of sp³-hybridized carbons (Fsp3) is 0.278. The monoisotopic (exact) mass is 315 g/mol. The minimum Gasteiger partial charge on any atom is -0.481 e. The van der Waals surface area contributed by atoms with E-state index in [4.69, 9.17) is 9.84 Å². The van der Waals surface area contributed by atoms with Crippen molar-refractivity contribution >= 4 is 11.7 Å². The second-order valence-corrected chi connectivity index (χ2v) is 5.62. The Hall–Kier alpha value is -2.56. The van der Waals surface area contributed by atoms with Gasteiger partial charge in [-0.3, -0.25) is 4.79 Å². The molecule has 2 aromatic carbocycles. The summed E-state index contributed by atoms with van der Waals surface area (Å²) in [4.78, 5) is 12.9. The molecule has 1 fully saturated rings. The van der Waals surface area contributed by atoms with Crippen LogP contribution in [0.2, 0.25) is 0 Å². The van der Waals surface area contributed by atoms with Crippen molar-refractivity contribution in [3.8, 4) is 11.5 Å². The molecule has 1 heterocycles. The summed E-state index contributed by atoms with van der Waals surface area (Å²) in [7, 11) is 0. The minimum absolute atomic E-state index is 0.0733. The number of benzene rings is 2. The van der Waals surface area contributed by atoms with E-state index < -0.39 is 11.8 Å². The molecule has 0 aromatic heterocycles. The van der Waals surface area contributed by atoms with Gasteiger partial charge >= 0.3 is 5.97 Å². The Bertz CT molecular complexity index is 690. The van der Waals surface area contributed by atoms with Crippen molar-refractivity contribution in [3.63, 3.8) is 0 Å². The zero-order chi connectivity index (χ0) is 16.2. The molecule has 1 unspecified atom stereocenters. The van der Waals surface area contributed by atoms with Crippen LogP contribution in [0.25, 0.3) is 0 Å². The molecular formula is C18H18FNO3. The fourth-order valence-electron chi connectivity index (χ4n) is 2.96. The lowest BCUT2D eigenvalue weighted by molar-refractivity contribution is -0.137. The van der Waals surface area contributed by atoms with Crippen LogP contribution in [-0.2, 0) is 4.79 Å².